The van der Waals surface area contributed by atoms with Crippen molar-refractivity contribution in [3.05, 3.63) is 65.7 Å². The maximum absolute atomic E-state index is 12.8. The number of nitrogens with zero attached hydrogens (tertiary/aromatic N) is 1. The van der Waals surface area contributed by atoms with Crippen LogP contribution in [0.25, 0.3) is 0 Å². The third-order valence-electron chi connectivity index (χ3n) is 5.19. The molecule has 1 atom stereocenters. The van der Waals surface area contributed by atoms with Crippen LogP contribution in [-0.2, 0) is 22.3 Å². The summed E-state index contributed by atoms with van der Waals surface area (Å²) in [6.45, 7) is 1.16. The highest BCUT2D eigenvalue weighted by Crippen LogP contribution is 2.29. The number of benzene rings is 2. The molecule has 0 spiro atoms. The number of amides is 2. The van der Waals surface area contributed by atoms with Crippen molar-refractivity contribution in [3.63, 3.8) is 0 Å². The van der Waals surface area contributed by atoms with E-state index in [9.17, 15) is 22.8 Å². The molecule has 0 aliphatic carbocycles. The van der Waals surface area contributed by atoms with E-state index in [-0.39, 0.29) is 37.3 Å². The van der Waals surface area contributed by atoms with E-state index in [1.807, 2.05) is 30.3 Å². The summed E-state index contributed by atoms with van der Waals surface area (Å²) in [5.74, 6) is -0.0129. The Bertz CT molecular complexity index is 887. The van der Waals surface area contributed by atoms with E-state index in [1.165, 1.54) is 6.07 Å². The number of hydrogen-bond acceptors (Lipinski definition) is 3. The molecular weight excluding hydrogens is 409 g/mol. The number of rotatable bonds is 7. The first kappa shape index (κ1) is 22.7. The quantitative estimate of drug-likeness (QED) is 0.716. The number of hydrogen-bond donors (Lipinski definition) is 1. The van der Waals surface area contributed by atoms with Gasteiger partial charge in [0.2, 0.25) is 11.8 Å². The van der Waals surface area contributed by atoms with Crippen molar-refractivity contribution in [1.29, 1.82) is 0 Å². The van der Waals surface area contributed by atoms with E-state index in [1.54, 1.807) is 11.0 Å². The lowest BCUT2D eigenvalue weighted by molar-refractivity contribution is -0.138. The molecule has 1 N–H and O–H groups in total. The molecule has 2 aromatic rings. The highest BCUT2D eigenvalue weighted by molar-refractivity contribution is 5.81. The first-order chi connectivity index (χ1) is 14.8. The summed E-state index contributed by atoms with van der Waals surface area (Å²) < 4.78 is 44.0. The maximum Gasteiger partial charge on any atom is 0.416 e. The molecule has 3 rings (SSSR count). The number of alkyl halides is 3. The third-order valence-corrected chi connectivity index (χ3v) is 5.19. The molecule has 0 saturated carbocycles. The van der Waals surface area contributed by atoms with E-state index in [0.717, 1.165) is 12.1 Å². The minimum Gasteiger partial charge on any atom is -0.493 e. The van der Waals surface area contributed by atoms with Crippen LogP contribution in [-0.4, -0.2) is 36.4 Å². The van der Waals surface area contributed by atoms with Gasteiger partial charge in [-0.1, -0.05) is 30.3 Å². The second kappa shape index (κ2) is 10.3. The fourth-order valence-electron chi connectivity index (χ4n) is 3.54. The van der Waals surface area contributed by atoms with Gasteiger partial charge in [0.25, 0.3) is 0 Å². The van der Waals surface area contributed by atoms with Gasteiger partial charge in [0, 0.05) is 19.6 Å². The smallest absolute Gasteiger partial charge is 0.416 e. The van der Waals surface area contributed by atoms with Crippen LogP contribution in [0.15, 0.2) is 54.6 Å². The molecule has 5 nitrogen and oxygen atoms in total. The minimum absolute atomic E-state index is 0.0120. The summed E-state index contributed by atoms with van der Waals surface area (Å²) in [6.07, 6.45) is -2.87. The van der Waals surface area contributed by atoms with Gasteiger partial charge in [-0.2, -0.15) is 13.2 Å². The molecule has 8 heteroatoms. The maximum atomic E-state index is 12.8. The van der Waals surface area contributed by atoms with Crippen LogP contribution < -0.4 is 10.1 Å². The number of likely N-dealkylation sites (tertiary alicyclic amines) is 1. The van der Waals surface area contributed by atoms with Crippen molar-refractivity contribution in [1.82, 2.24) is 10.2 Å². The Labute approximate surface area is 179 Å². The van der Waals surface area contributed by atoms with Crippen molar-refractivity contribution in [2.45, 2.75) is 32.0 Å². The second-order valence-corrected chi connectivity index (χ2v) is 7.51. The zero-order valence-electron chi connectivity index (χ0n) is 17.0. The van der Waals surface area contributed by atoms with Gasteiger partial charge in [-0.15, -0.1) is 0 Å². The molecule has 1 saturated heterocycles. The Morgan fingerprint density at radius 1 is 1.10 bits per heavy atom. The topological polar surface area (TPSA) is 58.6 Å². The van der Waals surface area contributed by atoms with Crippen LogP contribution in [0, 0.1) is 5.92 Å². The van der Waals surface area contributed by atoms with Crippen LogP contribution in [0.2, 0.25) is 0 Å². The van der Waals surface area contributed by atoms with Gasteiger partial charge in [-0.3, -0.25) is 9.59 Å². The molecular formula is C23H25F3N2O3. The molecule has 1 aliphatic rings. The van der Waals surface area contributed by atoms with Crippen LogP contribution in [0.1, 0.15) is 30.4 Å². The molecule has 1 fully saturated rings. The number of para-hydroxylation sites is 1. The van der Waals surface area contributed by atoms with Crippen LogP contribution in [0.3, 0.4) is 0 Å². The Hall–Kier alpha value is -3.03. The minimum atomic E-state index is -4.42. The number of carbonyl (C=O) groups excluding carboxylic acids is 2. The molecule has 0 radical (unpaired) electrons. The molecule has 31 heavy (non-hydrogen) atoms. The molecule has 0 aromatic heterocycles. The van der Waals surface area contributed by atoms with Crippen molar-refractivity contribution < 1.29 is 27.5 Å². The fourth-order valence-corrected chi connectivity index (χ4v) is 3.54. The van der Waals surface area contributed by atoms with E-state index in [2.05, 4.69) is 5.32 Å². The van der Waals surface area contributed by atoms with Gasteiger partial charge >= 0.3 is 6.18 Å². The molecule has 1 heterocycles. The molecule has 1 unspecified atom stereocenters. The van der Waals surface area contributed by atoms with Crippen LogP contribution >= 0.6 is 0 Å². The monoisotopic (exact) mass is 434 g/mol. The average molecular weight is 434 g/mol. The number of halogens is 3. The normalized spacial score (nSPS) is 16.6. The van der Waals surface area contributed by atoms with Crippen molar-refractivity contribution in [2.24, 2.45) is 5.92 Å². The van der Waals surface area contributed by atoms with E-state index in [0.29, 0.717) is 37.2 Å². The standard InChI is InChI=1S/C23H25F3N2O3/c24-23(25,26)19-8-4-6-17(14-19)15-27-22(30)18-7-5-12-28(16-18)21(29)11-13-31-20-9-2-1-3-10-20/h1-4,6,8-10,14,18H,5,7,11-13,15-16H2,(H,27,30). The van der Waals surface area contributed by atoms with Crippen molar-refractivity contribution in [2.75, 3.05) is 19.7 Å². The van der Waals surface area contributed by atoms with Gasteiger partial charge in [-0.25, -0.2) is 0 Å². The fraction of sp³-hybridized carbons (Fsp3) is 0.391. The number of piperidine rings is 1. The van der Waals surface area contributed by atoms with Crippen LogP contribution in [0.4, 0.5) is 13.2 Å². The van der Waals surface area contributed by atoms with E-state index in [4.69, 9.17) is 4.74 Å². The van der Waals surface area contributed by atoms with Crippen molar-refractivity contribution in [3.8, 4) is 5.75 Å². The average Bonchev–Trinajstić information content (AvgIpc) is 2.78. The van der Waals surface area contributed by atoms with Gasteiger partial charge in [0.05, 0.1) is 24.5 Å². The third kappa shape index (κ3) is 6.73. The SMILES string of the molecule is O=C(NCc1cccc(C(F)(F)F)c1)C1CCCN(C(=O)CCOc2ccccc2)C1. The summed E-state index contributed by atoms with van der Waals surface area (Å²) in [6, 6.07) is 14.1. The summed E-state index contributed by atoms with van der Waals surface area (Å²) in [5.41, 5.74) is -0.364. The molecule has 1 aliphatic heterocycles. The Morgan fingerprint density at radius 2 is 1.87 bits per heavy atom. The summed E-state index contributed by atoms with van der Waals surface area (Å²) in [5, 5.41) is 2.70. The van der Waals surface area contributed by atoms with Gasteiger partial charge in [0.1, 0.15) is 5.75 Å². The summed E-state index contributed by atoms with van der Waals surface area (Å²) >= 11 is 0. The van der Waals surface area contributed by atoms with Gasteiger partial charge < -0.3 is 15.0 Å². The largest absolute Gasteiger partial charge is 0.493 e. The summed E-state index contributed by atoms with van der Waals surface area (Å²) in [7, 11) is 0. The van der Waals surface area contributed by atoms with Crippen molar-refractivity contribution >= 4 is 11.8 Å². The second-order valence-electron chi connectivity index (χ2n) is 7.51. The number of nitrogens with one attached hydrogen (secondary N) is 1. The number of ether oxygens (including phenoxy) is 1. The predicted molar refractivity (Wildman–Crippen MR) is 109 cm³/mol. The first-order valence-electron chi connectivity index (χ1n) is 10.2. The zero-order chi connectivity index (χ0) is 22.3. The predicted octanol–water partition coefficient (Wildman–Crippen LogP) is 4.03. The Balaban J connectivity index is 1.46. The van der Waals surface area contributed by atoms with E-state index >= 15 is 0 Å². The molecule has 0 bridgehead atoms. The highest BCUT2D eigenvalue weighted by Gasteiger charge is 2.31. The van der Waals surface area contributed by atoms with E-state index < -0.39 is 11.7 Å². The number of carbonyl (C=O) groups is 2. The summed E-state index contributed by atoms with van der Waals surface area (Å²) in [4.78, 5) is 26.7. The molecule has 2 aromatic carbocycles. The molecule has 2 amide bonds. The lowest BCUT2D eigenvalue weighted by atomic mass is 9.96. The van der Waals surface area contributed by atoms with Gasteiger partial charge in [-0.05, 0) is 42.7 Å². The Morgan fingerprint density at radius 3 is 2.61 bits per heavy atom. The Kier molecular flexibility index (Phi) is 7.55. The van der Waals surface area contributed by atoms with Gasteiger partial charge in [0.15, 0.2) is 0 Å². The highest BCUT2D eigenvalue weighted by atomic mass is 19.4. The van der Waals surface area contributed by atoms with Crippen LogP contribution in [0.5, 0.6) is 5.75 Å². The molecule has 166 valence electrons. The zero-order valence-corrected chi connectivity index (χ0v) is 17.0. The first-order valence-corrected chi connectivity index (χ1v) is 10.2. The lowest BCUT2D eigenvalue weighted by Crippen LogP contribution is -2.45. The lowest BCUT2D eigenvalue weighted by Gasteiger charge is -2.32.